The molecule has 0 aliphatic heterocycles. The van der Waals surface area contributed by atoms with Crippen molar-refractivity contribution in [1.29, 1.82) is 0 Å². The van der Waals surface area contributed by atoms with E-state index in [1.54, 1.807) is 4.52 Å². The maximum Gasteiger partial charge on any atom is 0.200 e. The zero-order valence-electron chi connectivity index (χ0n) is 12.5. The molecular formula is C17H15FN2O2. The molecule has 3 rings (SSSR count). The van der Waals surface area contributed by atoms with Crippen LogP contribution in [0.4, 0.5) is 4.39 Å². The minimum atomic E-state index is -0.541. The third-order valence-corrected chi connectivity index (χ3v) is 4.04. The summed E-state index contributed by atoms with van der Waals surface area (Å²) in [4.78, 5) is 12.7. The van der Waals surface area contributed by atoms with Crippen LogP contribution in [-0.4, -0.2) is 20.5 Å². The van der Waals surface area contributed by atoms with Crippen LogP contribution in [0.5, 0.6) is 5.75 Å². The van der Waals surface area contributed by atoms with Crippen molar-refractivity contribution in [2.24, 2.45) is 0 Å². The Kier molecular flexibility index (Phi) is 3.20. The fraction of sp³-hybridized carbons (Fsp3) is 0.176. The van der Waals surface area contributed by atoms with Crippen molar-refractivity contribution in [2.75, 3.05) is 0 Å². The van der Waals surface area contributed by atoms with Gasteiger partial charge in [-0.15, -0.1) is 0 Å². The monoisotopic (exact) mass is 298 g/mol. The Bertz CT molecular complexity index is 913. The van der Waals surface area contributed by atoms with Crippen molar-refractivity contribution < 1.29 is 14.3 Å². The molecule has 0 fully saturated rings. The highest BCUT2D eigenvalue weighted by Gasteiger charge is 2.20. The molecule has 22 heavy (non-hydrogen) atoms. The van der Waals surface area contributed by atoms with Crippen molar-refractivity contribution in [3.8, 4) is 5.75 Å². The average molecular weight is 298 g/mol. The van der Waals surface area contributed by atoms with Gasteiger partial charge in [0.25, 0.3) is 0 Å². The molecule has 0 unspecified atom stereocenters. The lowest BCUT2D eigenvalue weighted by atomic mass is 10.0. The summed E-state index contributed by atoms with van der Waals surface area (Å²) < 4.78 is 15.1. The number of nitrogens with zero attached hydrogens (tertiary/aromatic N) is 2. The number of hydrogen-bond donors (Lipinski definition) is 1. The summed E-state index contributed by atoms with van der Waals surface area (Å²) in [5, 5.41) is 14.3. The molecule has 1 N–H and O–H groups in total. The Morgan fingerprint density at radius 2 is 1.86 bits per heavy atom. The van der Waals surface area contributed by atoms with Crippen LogP contribution in [0.1, 0.15) is 32.7 Å². The van der Waals surface area contributed by atoms with E-state index in [9.17, 15) is 14.3 Å². The summed E-state index contributed by atoms with van der Waals surface area (Å²) in [7, 11) is 0. The number of hydrogen-bond acceptors (Lipinski definition) is 3. The van der Waals surface area contributed by atoms with Crippen LogP contribution in [0.15, 0.2) is 30.5 Å². The second-order valence-electron chi connectivity index (χ2n) is 5.35. The van der Waals surface area contributed by atoms with Crippen LogP contribution in [0.25, 0.3) is 5.52 Å². The lowest BCUT2D eigenvalue weighted by molar-refractivity contribution is 0.103. The molecule has 0 atom stereocenters. The Balaban J connectivity index is 2.18. The first-order valence-electron chi connectivity index (χ1n) is 6.88. The number of halogens is 1. The molecule has 1 aromatic carbocycles. The van der Waals surface area contributed by atoms with Crippen molar-refractivity contribution >= 4 is 11.3 Å². The first-order chi connectivity index (χ1) is 10.4. The van der Waals surface area contributed by atoms with Gasteiger partial charge in [-0.25, -0.2) is 8.91 Å². The van der Waals surface area contributed by atoms with E-state index in [4.69, 9.17) is 0 Å². The molecule has 0 amide bonds. The number of phenolic OH excluding ortho intramolecular Hbond substituents is 1. The fourth-order valence-corrected chi connectivity index (χ4v) is 2.46. The van der Waals surface area contributed by atoms with E-state index in [1.807, 2.05) is 26.0 Å². The van der Waals surface area contributed by atoms with E-state index in [0.29, 0.717) is 11.1 Å². The summed E-state index contributed by atoms with van der Waals surface area (Å²) in [6.45, 7) is 5.32. The average Bonchev–Trinajstić information content (AvgIpc) is 2.93. The lowest BCUT2D eigenvalue weighted by Crippen LogP contribution is -2.04. The van der Waals surface area contributed by atoms with Gasteiger partial charge in [-0.05, 0) is 44.5 Å². The standard InChI is InChI=1S/C17H15FN2O2/c1-9-4-7-15-13(8-19-20(15)11(9)3)17(22)12-5-6-14(18)10(2)16(12)21/h4-8,21H,1-3H3. The topological polar surface area (TPSA) is 54.6 Å². The summed E-state index contributed by atoms with van der Waals surface area (Å²) in [5.74, 6) is -1.24. The summed E-state index contributed by atoms with van der Waals surface area (Å²) in [6.07, 6.45) is 1.47. The van der Waals surface area contributed by atoms with E-state index in [1.165, 1.54) is 25.3 Å². The predicted octanol–water partition coefficient (Wildman–Crippen LogP) is 3.34. The lowest BCUT2D eigenvalue weighted by Gasteiger charge is -2.07. The molecule has 5 heteroatoms. The normalized spacial score (nSPS) is 11.1. The van der Waals surface area contributed by atoms with Gasteiger partial charge in [0.1, 0.15) is 11.6 Å². The number of aromatic hydroxyl groups is 1. The summed E-state index contributed by atoms with van der Waals surface area (Å²) >= 11 is 0. The number of rotatable bonds is 2. The molecular weight excluding hydrogens is 283 g/mol. The van der Waals surface area contributed by atoms with Crippen LogP contribution in [0.2, 0.25) is 0 Å². The molecule has 3 aromatic rings. The number of phenols is 1. The summed E-state index contributed by atoms with van der Waals surface area (Å²) in [5.41, 5.74) is 3.19. The highest BCUT2D eigenvalue weighted by molar-refractivity contribution is 6.14. The van der Waals surface area contributed by atoms with Crippen LogP contribution < -0.4 is 0 Å². The number of carbonyl (C=O) groups excluding carboxylic acids is 1. The number of aryl methyl sites for hydroxylation is 2. The van der Waals surface area contributed by atoms with Gasteiger partial charge in [0, 0.05) is 11.3 Å². The molecule has 0 radical (unpaired) electrons. The fourth-order valence-electron chi connectivity index (χ4n) is 2.46. The Hall–Kier alpha value is -2.69. The largest absolute Gasteiger partial charge is 0.507 e. The molecule has 4 nitrogen and oxygen atoms in total. The molecule has 0 aliphatic rings. The molecule has 0 spiro atoms. The highest BCUT2D eigenvalue weighted by Crippen LogP contribution is 2.28. The third kappa shape index (κ3) is 1.97. The van der Waals surface area contributed by atoms with Crippen LogP contribution >= 0.6 is 0 Å². The second kappa shape index (κ2) is 4.94. The molecule has 0 bridgehead atoms. The second-order valence-corrected chi connectivity index (χ2v) is 5.35. The van der Waals surface area contributed by atoms with Crippen LogP contribution in [0.3, 0.4) is 0 Å². The van der Waals surface area contributed by atoms with Crippen LogP contribution in [0, 0.1) is 26.6 Å². The quantitative estimate of drug-likeness (QED) is 0.738. The van der Waals surface area contributed by atoms with Gasteiger partial charge in [-0.2, -0.15) is 5.10 Å². The Labute approximate surface area is 126 Å². The van der Waals surface area contributed by atoms with E-state index >= 15 is 0 Å². The minimum absolute atomic E-state index is 0.0642. The number of fused-ring (bicyclic) bond motifs is 1. The van der Waals surface area contributed by atoms with Crippen molar-refractivity contribution in [1.82, 2.24) is 9.61 Å². The molecule has 0 saturated carbocycles. The highest BCUT2D eigenvalue weighted by atomic mass is 19.1. The van der Waals surface area contributed by atoms with Gasteiger partial charge in [0.05, 0.1) is 22.8 Å². The van der Waals surface area contributed by atoms with Gasteiger partial charge in [-0.1, -0.05) is 6.07 Å². The predicted molar refractivity (Wildman–Crippen MR) is 80.9 cm³/mol. The van der Waals surface area contributed by atoms with Gasteiger partial charge in [0.15, 0.2) is 0 Å². The van der Waals surface area contributed by atoms with E-state index in [2.05, 4.69) is 5.10 Å². The first kappa shape index (κ1) is 14.3. The molecule has 0 saturated heterocycles. The molecule has 112 valence electrons. The maximum absolute atomic E-state index is 13.4. The first-order valence-corrected chi connectivity index (χ1v) is 6.88. The number of benzene rings is 1. The van der Waals surface area contributed by atoms with Gasteiger partial charge < -0.3 is 5.11 Å². The SMILES string of the molecule is Cc1ccc2c(C(=O)c3ccc(F)c(C)c3O)cnn2c1C. The van der Waals surface area contributed by atoms with Crippen molar-refractivity contribution in [3.05, 3.63) is 64.2 Å². The van der Waals surface area contributed by atoms with Gasteiger partial charge >= 0.3 is 0 Å². The number of ketones is 1. The molecule has 0 aliphatic carbocycles. The minimum Gasteiger partial charge on any atom is -0.507 e. The number of pyridine rings is 1. The molecule has 2 heterocycles. The van der Waals surface area contributed by atoms with Gasteiger partial charge in [0.2, 0.25) is 5.78 Å². The van der Waals surface area contributed by atoms with E-state index < -0.39 is 5.82 Å². The van der Waals surface area contributed by atoms with E-state index in [-0.39, 0.29) is 22.7 Å². The molecule has 2 aromatic heterocycles. The number of aromatic nitrogens is 2. The smallest absolute Gasteiger partial charge is 0.200 e. The zero-order valence-corrected chi connectivity index (χ0v) is 12.5. The zero-order chi connectivity index (χ0) is 16.0. The maximum atomic E-state index is 13.4. The van der Waals surface area contributed by atoms with Gasteiger partial charge in [-0.3, -0.25) is 4.79 Å². The Morgan fingerprint density at radius 1 is 1.14 bits per heavy atom. The van der Waals surface area contributed by atoms with Crippen molar-refractivity contribution in [3.63, 3.8) is 0 Å². The number of carbonyl (C=O) groups is 1. The summed E-state index contributed by atoms with van der Waals surface area (Å²) in [6, 6.07) is 6.21. The third-order valence-electron chi connectivity index (χ3n) is 4.04. The van der Waals surface area contributed by atoms with Crippen molar-refractivity contribution in [2.45, 2.75) is 20.8 Å². The van der Waals surface area contributed by atoms with Crippen LogP contribution in [-0.2, 0) is 0 Å². The van der Waals surface area contributed by atoms with E-state index in [0.717, 1.165) is 11.3 Å². The Morgan fingerprint density at radius 3 is 2.59 bits per heavy atom.